The second-order valence-electron chi connectivity index (χ2n) is 6.33. The highest BCUT2D eigenvalue weighted by atomic mass is 28.4. The minimum Gasteiger partial charge on any atom is -0.481 e. The maximum Gasteiger partial charge on any atom is 0.303 e. The highest BCUT2D eigenvalue weighted by Crippen LogP contribution is 2.37. The van der Waals surface area contributed by atoms with Gasteiger partial charge in [0.05, 0.1) is 0 Å². The van der Waals surface area contributed by atoms with Gasteiger partial charge in [-0.15, -0.1) is 0 Å². The molecule has 4 heteroatoms. The predicted molar refractivity (Wildman–Crippen MR) is 73.8 cm³/mol. The Balaban J connectivity index is 3.94. The zero-order chi connectivity index (χ0) is 13.7. The Hall–Kier alpha value is -0.353. The monoisotopic (exact) mass is 260 g/mol. The molecular weight excluding hydrogens is 232 g/mol. The van der Waals surface area contributed by atoms with Gasteiger partial charge >= 0.3 is 5.97 Å². The summed E-state index contributed by atoms with van der Waals surface area (Å²) in [6.07, 6.45) is 3.15. The van der Waals surface area contributed by atoms with E-state index in [4.69, 9.17) is 9.53 Å². The normalized spacial score (nSPS) is 14.7. The molecule has 0 aliphatic rings. The molecular formula is C13H28O3Si. The van der Waals surface area contributed by atoms with Crippen molar-refractivity contribution in [1.82, 2.24) is 0 Å². The molecule has 0 aromatic rings. The van der Waals surface area contributed by atoms with Crippen LogP contribution in [0.2, 0.25) is 18.1 Å². The Kier molecular flexibility index (Phi) is 6.41. The molecule has 0 bridgehead atoms. The van der Waals surface area contributed by atoms with Gasteiger partial charge in [-0.2, -0.15) is 0 Å². The molecule has 1 N–H and O–H groups in total. The fraction of sp³-hybridized carbons (Fsp3) is 0.923. The summed E-state index contributed by atoms with van der Waals surface area (Å²) >= 11 is 0. The fourth-order valence-corrected chi connectivity index (χ4v) is 2.92. The third-order valence-electron chi connectivity index (χ3n) is 3.55. The quantitative estimate of drug-likeness (QED) is 0.555. The van der Waals surface area contributed by atoms with Crippen molar-refractivity contribution in [3.8, 4) is 0 Å². The van der Waals surface area contributed by atoms with Crippen LogP contribution in [-0.4, -0.2) is 25.5 Å². The number of aliphatic carboxylic acids is 1. The zero-order valence-electron chi connectivity index (χ0n) is 12.2. The number of carboxylic acids is 1. The first-order valence-electron chi connectivity index (χ1n) is 6.46. The molecule has 0 radical (unpaired) electrons. The molecule has 0 spiro atoms. The number of unbranched alkanes of at least 4 members (excludes halogenated alkanes) is 1. The van der Waals surface area contributed by atoms with E-state index in [0.29, 0.717) is 0 Å². The molecule has 17 heavy (non-hydrogen) atoms. The molecule has 0 aromatic heterocycles. The van der Waals surface area contributed by atoms with Crippen LogP contribution in [-0.2, 0) is 9.22 Å². The van der Waals surface area contributed by atoms with Gasteiger partial charge in [0, 0.05) is 12.5 Å². The molecule has 3 nitrogen and oxygen atoms in total. The van der Waals surface area contributed by atoms with Crippen LogP contribution < -0.4 is 0 Å². The van der Waals surface area contributed by atoms with E-state index in [-0.39, 0.29) is 17.6 Å². The van der Waals surface area contributed by atoms with E-state index in [0.717, 1.165) is 19.3 Å². The Morgan fingerprint density at radius 3 is 2.24 bits per heavy atom. The van der Waals surface area contributed by atoms with Crippen LogP contribution >= 0.6 is 0 Å². The minimum absolute atomic E-state index is 0.238. The van der Waals surface area contributed by atoms with Crippen LogP contribution in [0.4, 0.5) is 0 Å². The summed E-state index contributed by atoms with van der Waals surface area (Å²) < 4.78 is 6.20. The average molecular weight is 260 g/mol. The van der Waals surface area contributed by atoms with Crippen LogP contribution in [0.5, 0.6) is 0 Å². The summed E-state index contributed by atoms with van der Waals surface area (Å²) in [4.78, 5) is 10.4. The third kappa shape index (κ3) is 6.84. The van der Waals surface area contributed by atoms with Crippen molar-refractivity contribution in [2.45, 2.75) is 77.6 Å². The second-order valence-corrected chi connectivity index (χ2v) is 11.1. The summed E-state index contributed by atoms with van der Waals surface area (Å²) in [6.45, 7) is 13.3. The van der Waals surface area contributed by atoms with Crippen molar-refractivity contribution < 1.29 is 14.3 Å². The topological polar surface area (TPSA) is 46.5 Å². The largest absolute Gasteiger partial charge is 0.481 e. The van der Waals surface area contributed by atoms with Crippen LogP contribution in [0, 0.1) is 0 Å². The Bertz CT molecular complexity index is 244. The Morgan fingerprint density at radius 1 is 1.29 bits per heavy atom. The van der Waals surface area contributed by atoms with Crippen molar-refractivity contribution in [2.24, 2.45) is 0 Å². The van der Waals surface area contributed by atoms with E-state index in [1.807, 2.05) is 0 Å². The number of hydrogen-bond acceptors (Lipinski definition) is 2. The van der Waals surface area contributed by atoms with E-state index < -0.39 is 14.3 Å². The highest BCUT2D eigenvalue weighted by molar-refractivity contribution is 6.74. The van der Waals surface area contributed by atoms with Crippen LogP contribution in [0.1, 0.15) is 53.4 Å². The lowest BCUT2D eigenvalue weighted by molar-refractivity contribution is -0.137. The van der Waals surface area contributed by atoms with Gasteiger partial charge in [-0.25, -0.2) is 0 Å². The Labute approximate surface area is 107 Å². The molecule has 102 valence electrons. The predicted octanol–water partition coefficient (Wildman–Crippen LogP) is 4.04. The first-order chi connectivity index (χ1) is 7.56. The van der Waals surface area contributed by atoms with Gasteiger partial charge in [0.25, 0.3) is 0 Å². The fourth-order valence-electron chi connectivity index (χ4n) is 1.45. The summed E-state index contributed by atoms with van der Waals surface area (Å²) in [5.41, 5.74) is 0. The summed E-state index contributed by atoms with van der Waals surface area (Å²) in [7, 11) is -1.67. The van der Waals surface area contributed by atoms with E-state index in [1.54, 1.807) is 0 Å². The molecule has 0 aliphatic heterocycles. The molecule has 1 atom stereocenters. The maximum atomic E-state index is 10.4. The number of hydrogen-bond donors (Lipinski definition) is 1. The van der Waals surface area contributed by atoms with Crippen molar-refractivity contribution >= 4 is 14.3 Å². The smallest absolute Gasteiger partial charge is 0.303 e. The van der Waals surface area contributed by atoms with Gasteiger partial charge in [0.1, 0.15) is 0 Å². The minimum atomic E-state index is -1.67. The van der Waals surface area contributed by atoms with E-state index in [1.165, 1.54) is 0 Å². The summed E-state index contributed by atoms with van der Waals surface area (Å²) in [5, 5.41) is 8.79. The van der Waals surface area contributed by atoms with Gasteiger partial charge < -0.3 is 9.53 Å². The lowest BCUT2D eigenvalue weighted by Crippen LogP contribution is -2.43. The van der Waals surface area contributed by atoms with Crippen LogP contribution in [0.3, 0.4) is 0 Å². The van der Waals surface area contributed by atoms with E-state index in [9.17, 15) is 4.79 Å². The number of carbonyl (C=O) groups is 1. The third-order valence-corrected chi connectivity index (χ3v) is 8.16. The number of carboxylic acid groups (broad SMARTS) is 1. The SMILES string of the molecule is CC(CCCCC(=O)O)O[Si](C)(C)C(C)(C)C. The molecule has 0 aliphatic carbocycles. The lowest BCUT2D eigenvalue weighted by atomic mass is 10.1. The average Bonchev–Trinajstić information content (AvgIpc) is 2.09. The molecule has 0 saturated carbocycles. The van der Waals surface area contributed by atoms with Gasteiger partial charge in [-0.1, -0.05) is 27.2 Å². The Morgan fingerprint density at radius 2 is 1.82 bits per heavy atom. The second kappa shape index (κ2) is 6.54. The molecule has 0 fully saturated rings. The maximum absolute atomic E-state index is 10.4. The molecule has 0 amide bonds. The molecule has 0 aromatic carbocycles. The molecule has 0 saturated heterocycles. The first-order valence-corrected chi connectivity index (χ1v) is 9.36. The van der Waals surface area contributed by atoms with E-state index in [2.05, 4.69) is 40.8 Å². The van der Waals surface area contributed by atoms with Gasteiger partial charge in [0.15, 0.2) is 8.32 Å². The van der Waals surface area contributed by atoms with Gasteiger partial charge in [-0.05, 0) is 37.9 Å². The summed E-state index contributed by atoms with van der Waals surface area (Å²) in [5.74, 6) is -0.706. The van der Waals surface area contributed by atoms with Gasteiger partial charge in [0.2, 0.25) is 0 Å². The zero-order valence-corrected chi connectivity index (χ0v) is 13.2. The van der Waals surface area contributed by atoms with E-state index >= 15 is 0 Å². The van der Waals surface area contributed by atoms with Crippen molar-refractivity contribution in [1.29, 1.82) is 0 Å². The summed E-state index contributed by atoms with van der Waals surface area (Å²) in [6, 6.07) is 0. The molecule has 0 heterocycles. The van der Waals surface area contributed by atoms with Crippen molar-refractivity contribution in [2.75, 3.05) is 0 Å². The lowest BCUT2D eigenvalue weighted by Gasteiger charge is -2.38. The standard InChI is InChI=1S/C13H28O3Si/c1-11(9-7-8-10-12(14)15)16-17(5,6)13(2,3)4/h11H,7-10H2,1-6H3,(H,14,15). The van der Waals surface area contributed by atoms with Crippen LogP contribution in [0.15, 0.2) is 0 Å². The van der Waals surface area contributed by atoms with Crippen molar-refractivity contribution in [3.05, 3.63) is 0 Å². The highest BCUT2D eigenvalue weighted by Gasteiger charge is 2.38. The van der Waals surface area contributed by atoms with Crippen LogP contribution in [0.25, 0.3) is 0 Å². The molecule has 0 rings (SSSR count). The van der Waals surface area contributed by atoms with Gasteiger partial charge in [-0.3, -0.25) is 4.79 Å². The first kappa shape index (κ1) is 16.6. The molecule has 1 unspecified atom stereocenters. The number of rotatable bonds is 7. The van der Waals surface area contributed by atoms with Crippen molar-refractivity contribution in [3.63, 3.8) is 0 Å².